The summed E-state index contributed by atoms with van der Waals surface area (Å²) in [6.07, 6.45) is 2.79. The number of nitrogens with zero attached hydrogens (tertiary/aromatic N) is 2. The van der Waals surface area contributed by atoms with Crippen LogP contribution in [0.1, 0.15) is 23.3 Å². The third-order valence-corrected chi connectivity index (χ3v) is 8.86. The lowest BCUT2D eigenvalue weighted by Crippen LogP contribution is -2.55. The lowest BCUT2D eigenvalue weighted by atomic mass is 10.0. The number of ether oxygens (including phenoxy) is 1. The van der Waals surface area contributed by atoms with E-state index in [0.29, 0.717) is 19.4 Å². The van der Waals surface area contributed by atoms with E-state index < -0.39 is 18.0 Å². The van der Waals surface area contributed by atoms with E-state index in [9.17, 15) is 14.4 Å². The number of hydrogen-bond donors (Lipinski definition) is 2. The number of nitrogens with two attached hydrogens (primary N) is 1. The zero-order valence-electron chi connectivity index (χ0n) is 21.2. The highest BCUT2D eigenvalue weighted by molar-refractivity contribution is 7.17. The van der Waals surface area contributed by atoms with Gasteiger partial charge in [0.1, 0.15) is 18.7 Å². The summed E-state index contributed by atoms with van der Waals surface area (Å²) in [5, 5.41) is 8.36. The van der Waals surface area contributed by atoms with Crippen molar-refractivity contribution in [1.82, 2.24) is 15.1 Å². The van der Waals surface area contributed by atoms with E-state index in [-0.39, 0.29) is 24.5 Å². The van der Waals surface area contributed by atoms with Crippen LogP contribution in [0, 0.1) is 0 Å². The van der Waals surface area contributed by atoms with Gasteiger partial charge in [0.15, 0.2) is 0 Å². The predicted octanol–water partition coefficient (Wildman–Crippen LogP) is 2.66. The first-order chi connectivity index (χ1) is 17.8. The topological polar surface area (TPSA) is 105 Å². The van der Waals surface area contributed by atoms with Crippen LogP contribution in [0.2, 0.25) is 0 Å². The van der Waals surface area contributed by atoms with E-state index in [4.69, 9.17) is 10.5 Å². The molecule has 3 aromatic rings. The third-order valence-electron chi connectivity index (χ3n) is 6.95. The zero-order valence-corrected chi connectivity index (χ0v) is 22.9. The molecule has 3 atom stereocenters. The van der Waals surface area contributed by atoms with Crippen LogP contribution in [0.5, 0.6) is 0 Å². The van der Waals surface area contributed by atoms with Gasteiger partial charge in [-0.2, -0.15) is 0 Å². The Kier molecular flexibility index (Phi) is 9.31. The van der Waals surface area contributed by atoms with E-state index >= 15 is 0 Å². The molecule has 3 N–H and O–H groups in total. The number of carbonyl (C=O) groups is 3. The Morgan fingerprint density at radius 1 is 1.08 bits per heavy atom. The van der Waals surface area contributed by atoms with Gasteiger partial charge in [-0.3, -0.25) is 14.4 Å². The van der Waals surface area contributed by atoms with Gasteiger partial charge >= 0.3 is 0 Å². The molecule has 1 fully saturated rings. The minimum atomic E-state index is -0.818. The molecule has 3 amide bonds. The van der Waals surface area contributed by atoms with Gasteiger partial charge in [-0.25, -0.2) is 0 Å². The van der Waals surface area contributed by atoms with Crippen LogP contribution in [-0.4, -0.2) is 79.5 Å². The van der Waals surface area contributed by atoms with Crippen LogP contribution in [0.3, 0.4) is 0 Å². The van der Waals surface area contributed by atoms with Gasteiger partial charge in [0.25, 0.3) is 0 Å². The molecular weight excluding hydrogens is 508 g/mol. The number of nitrogens with one attached hydrogen (secondary N) is 1. The maximum Gasteiger partial charge on any atom is 0.249 e. The number of primary amides is 1. The predicted molar refractivity (Wildman–Crippen MR) is 148 cm³/mol. The molecule has 8 nitrogen and oxygen atoms in total. The first kappa shape index (κ1) is 27.3. The summed E-state index contributed by atoms with van der Waals surface area (Å²) in [7, 11) is 3.22. The number of likely N-dealkylation sites (N-methyl/N-ethyl adjacent to an activating group) is 2. The van der Waals surface area contributed by atoms with Gasteiger partial charge in [-0.15, -0.1) is 22.7 Å². The van der Waals surface area contributed by atoms with Gasteiger partial charge in [-0.05, 0) is 53.2 Å². The lowest BCUT2D eigenvalue weighted by molar-refractivity contribution is -0.148. The van der Waals surface area contributed by atoms with E-state index in [1.54, 1.807) is 25.4 Å². The van der Waals surface area contributed by atoms with Crippen molar-refractivity contribution in [3.8, 4) is 0 Å². The molecule has 198 valence electrons. The fourth-order valence-electron chi connectivity index (χ4n) is 4.69. The Balaban J connectivity index is 1.53. The number of fused-ring (bicyclic) bond motifs is 1. The Bertz CT molecular complexity index is 1210. The van der Waals surface area contributed by atoms with Crippen molar-refractivity contribution < 1.29 is 19.1 Å². The second-order valence-electron chi connectivity index (χ2n) is 9.44. The summed E-state index contributed by atoms with van der Waals surface area (Å²) in [5.74, 6) is -1.19. The summed E-state index contributed by atoms with van der Waals surface area (Å²) in [5.41, 5.74) is 6.71. The number of benzene rings is 1. The second kappa shape index (κ2) is 12.6. The fourth-order valence-corrected chi connectivity index (χ4v) is 6.41. The van der Waals surface area contributed by atoms with Crippen molar-refractivity contribution >= 4 is 50.5 Å². The summed E-state index contributed by atoms with van der Waals surface area (Å²) in [6, 6.07) is 10.4. The SMILES string of the molecule is CN(C(=O)COC[C@@H]1CCCN1)[C@H](Cc1csc2ccccc12)C(=O)N(C)[C@H](Cc1cccs1)C(N)=O. The van der Waals surface area contributed by atoms with Crippen molar-refractivity contribution in [3.63, 3.8) is 0 Å². The largest absolute Gasteiger partial charge is 0.370 e. The number of amides is 3. The van der Waals surface area contributed by atoms with E-state index in [0.717, 1.165) is 39.9 Å². The molecule has 0 unspecified atom stereocenters. The highest BCUT2D eigenvalue weighted by Gasteiger charge is 2.35. The van der Waals surface area contributed by atoms with Crippen molar-refractivity contribution in [2.45, 2.75) is 43.8 Å². The quantitative estimate of drug-likeness (QED) is 0.366. The van der Waals surface area contributed by atoms with Gasteiger partial charge in [-0.1, -0.05) is 24.3 Å². The van der Waals surface area contributed by atoms with Crippen molar-refractivity contribution in [1.29, 1.82) is 0 Å². The first-order valence-corrected chi connectivity index (χ1v) is 14.2. The van der Waals surface area contributed by atoms with Crippen LogP contribution in [0.25, 0.3) is 10.1 Å². The Labute approximate surface area is 225 Å². The molecular formula is C27H34N4O4S2. The maximum absolute atomic E-state index is 13.9. The molecule has 0 spiro atoms. The lowest BCUT2D eigenvalue weighted by Gasteiger charge is -2.34. The number of rotatable bonds is 12. The molecule has 10 heteroatoms. The smallest absolute Gasteiger partial charge is 0.249 e. The van der Waals surface area contributed by atoms with Crippen LogP contribution in [0.15, 0.2) is 47.2 Å². The molecule has 4 rings (SSSR count). The van der Waals surface area contributed by atoms with Crippen LogP contribution >= 0.6 is 22.7 Å². The molecule has 0 aliphatic carbocycles. The minimum Gasteiger partial charge on any atom is -0.370 e. The van der Waals surface area contributed by atoms with Gasteiger partial charge < -0.3 is 25.6 Å². The van der Waals surface area contributed by atoms with Gasteiger partial charge in [0.05, 0.1) is 6.61 Å². The third kappa shape index (κ3) is 6.75. The Morgan fingerprint density at radius 3 is 2.59 bits per heavy atom. The maximum atomic E-state index is 13.9. The van der Waals surface area contributed by atoms with E-state index in [1.165, 1.54) is 21.1 Å². The normalized spacial score (nSPS) is 17.0. The summed E-state index contributed by atoms with van der Waals surface area (Å²) in [6.45, 7) is 1.31. The highest BCUT2D eigenvalue weighted by atomic mass is 32.1. The van der Waals surface area contributed by atoms with Crippen LogP contribution < -0.4 is 11.1 Å². The minimum absolute atomic E-state index is 0.110. The van der Waals surface area contributed by atoms with Crippen LogP contribution in [-0.2, 0) is 32.0 Å². The monoisotopic (exact) mass is 542 g/mol. The summed E-state index contributed by atoms with van der Waals surface area (Å²) in [4.78, 5) is 43.2. The first-order valence-electron chi connectivity index (χ1n) is 12.5. The van der Waals surface area contributed by atoms with Gasteiger partial charge in [0, 0.05) is 42.6 Å². The summed E-state index contributed by atoms with van der Waals surface area (Å²) >= 11 is 3.12. The molecule has 1 aliphatic heterocycles. The average Bonchev–Trinajstić information content (AvgIpc) is 3.67. The molecule has 1 aliphatic rings. The standard InChI is InChI=1S/C27H34N4O4S2/c1-30(25(32)16-35-15-19-7-5-11-29-19)23(13-18-17-37-24-10-4-3-9-21(18)24)27(34)31(2)22(26(28)33)14-20-8-6-12-36-20/h3-4,6,8-10,12,17,19,22-23,29H,5,7,11,13-16H2,1-2H3,(H2,28,33)/t19-,22+,23+/m0/s1. The van der Waals surface area contributed by atoms with Crippen LogP contribution in [0.4, 0.5) is 0 Å². The molecule has 2 aromatic heterocycles. The molecule has 1 aromatic carbocycles. The van der Waals surface area contributed by atoms with E-state index in [1.807, 2.05) is 47.2 Å². The summed E-state index contributed by atoms with van der Waals surface area (Å²) < 4.78 is 6.82. The average molecular weight is 543 g/mol. The fraction of sp³-hybridized carbons (Fsp3) is 0.444. The number of carbonyl (C=O) groups excluding carboxylic acids is 3. The Hall–Kier alpha value is -2.79. The van der Waals surface area contributed by atoms with E-state index in [2.05, 4.69) is 5.32 Å². The molecule has 0 radical (unpaired) electrons. The number of thiophene rings is 2. The van der Waals surface area contributed by atoms with Gasteiger partial charge in [0.2, 0.25) is 17.7 Å². The molecule has 0 bridgehead atoms. The molecule has 3 heterocycles. The molecule has 1 saturated heterocycles. The number of hydrogen-bond acceptors (Lipinski definition) is 7. The van der Waals surface area contributed by atoms with Crippen molar-refractivity contribution in [3.05, 3.63) is 57.6 Å². The second-order valence-corrected chi connectivity index (χ2v) is 11.4. The highest BCUT2D eigenvalue weighted by Crippen LogP contribution is 2.28. The zero-order chi connectivity index (χ0) is 26.4. The molecule has 0 saturated carbocycles. The van der Waals surface area contributed by atoms with Crippen molar-refractivity contribution in [2.24, 2.45) is 5.73 Å². The van der Waals surface area contributed by atoms with Crippen molar-refractivity contribution in [2.75, 3.05) is 33.9 Å². The molecule has 37 heavy (non-hydrogen) atoms. The Morgan fingerprint density at radius 2 is 1.89 bits per heavy atom.